The Hall–Kier alpha value is -1.40. The van der Waals surface area contributed by atoms with Gasteiger partial charge in [-0.25, -0.2) is 13.1 Å². The van der Waals surface area contributed by atoms with E-state index in [1.165, 1.54) is 0 Å². The number of hydrogen-bond acceptors (Lipinski definition) is 3. The standard InChI is InChI=1S/C15H23NO4S/c1-2-6-13(9-10-15(17)18)11-12-16-21(19,20)14-7-4-3-5-8-14/h3-5,7-8,13,16H,2,6,9-12H2,1H3,(H,17,18). The molecule has 21 heavy (non-hydrogen) atoms. The lowest BCUT2D eigenvalue weighted by atomic mass is 9.95. The molecule has 0 amide bonds. The Balaban J connectivity index is 2.47. The number of rotatable bonds is 10. The highest BCUT2D eigenvalue weighted by Crippen LogP contribution is 2.17. The molecular formula is C15H23NO4S. The highest BCUT2D eigenvalue weighted by molar-refractivity contribution is 7.89. The third kappa shape index (κ3) is 6.73. The zero-order chi connectivity index (χ0) is 15.7. The molecule has 0 saturated heterocycles. The van der Waals surface area contributed by atoms with Crippen LogP contribution >= 0.6 is 0 Å². The Bertz CT molecular complexity index is 528. The third-order valence-corrected chi connectivity index (χ3v) is 4.84. The first kappa shape index (κ1) is 17.7. The van der Waals surface area contributed by atoms with Crippen molar-refractivity contribution in [3.63, 3.8) is 0 Å². The molecule has 0 fully saturated rings. The van der Waals surface area contributed by atoms with Crippen LogP contribution in [0.1, 0.15) is 39.0 Å². The topological polar surface area (TPSA) is 83.5 Å². The SMILES string of the molecule is CCCC(CCNS(=O)(=O)c1ccccc1)CCC(=O)O. The molecule has 0 aromatic heterocycles. The first-order valence-electron chi connectivity index (χ1n) is 7.22. The molecule has 0 radical (unpaired) electrons. The molecule has 1 aromatic carbocycles. The summed E-state index contributed by atoms with van der Waals surface area (Å²) < 4.78 is 26.6. The van der Waals surface area contributed by atoms with Gasteiger partial charge in [-0.2, -0.15) is 0 Å². The molecule has 1 atom stereocenters. The van der Waals surface area contributed by atoms with Crippen LogP contribution < -0.4 is 4.72 Å². The van der Waals surface area contributed by atoms with Crippen LogP contribution in [-0.2, 0) is 14.8 Å². The van der Waals surface area contributed by atoms with Gasteiger partial charge in [0.2, 0.25) is 10.0 Å². The van der Waals surface area contributed by atoms with E-state index in [4.69, 9.17) is 5.11 Å². The van der Waals surface area contributed by atoms with Crippen molar-refractivity contribution in [1.29, 1.82) is 0 Å². The summed E-state index contributed by atoms with van der Waals surface area (Å²) in [7, 11) is -3.47. The minimum absolute atomic E-state index is 0.135. The maximum Gasteiger partial charge on any atom is 0.303 e. The average Bonchev–Trinajstić information content (AvgIpc) is 2.45. The van der Waals surface area contributed by atoms with E-state index >= 15 is 0 Å². The summed E-state index contributed by atoms with van der Waals surface area (Å²) in [6, 6.07) is 8.23. The van der Waals surface area contributed by atoms with Crippen LogP contribution in [0, 0.1) is 5.92 Å². The second kappa shape index (κ2) is 8.79. The lowest BCUT2D eigenvalue weighted by Gasteiger charge is -2.15. The lowest BCUT2D eigenvalue weighted by Crippen LogP contribution is -2.26. The van der Waals surface area contributed by atoms with Crippen LogP contribution in [0.25, 0.3) is 0 Å². The summed E-state index contributed by atoms with van der Waals surface area (Å²) in [6.45, 7) is 2.38. The van der Waals surface area contributed by atoms with Gasteiger partial charge in [0.15, 0.2) is 0 Å². The smallest absolute Gasteiger partial charge is 0.303 e. The first-order valence-corrected chi connectivity index (χ1v) is 8.70. The number of aliphatic carboxylic acids is 1. The van der Waals surface area contributed by atoms with Crippen LogP contribution in [0.4, 0.5) is 0 Å². The minimum atomic E-state index is -3.47. The van der Waals surface area contributed by atoms with Crippen molar-refractivity contribution in [2.75, 3.05) is 6.54 Å². The second-order valence-corrected chi connectivity index (χ2v) is 6.85. The van der Waals surface area contributed by atoms with Crippen molar-refractivity contribution in [3.8, 4) is 0 Å². The van der Waals surface area contributed by atoms with Crippen LogP contribution in [0.2, 0.25) is 0 Å². The number of carboxylic acids is 1. The molecule has 5 nitrogen and oxygen atoms in total. The second-order valence-electron chi connectivity index (χ2n) is 5.09. The number of benzene rings is 1. The van der Waals surface area contributed by atoms with E-state index in [0.29, 0.717) is 19.4 Å². The van der Waals surface area contributed by atoms with Crippen molar-refractivity contribution in [2.24, 2.45) is 5.92 Å². The number of hydrogen-bond donors (Lipinski definition) is 2. The van der Waals surface area contributed by atoms with Crippen molar-refractivity contribution in [2.45, 2.75) is 43.9 Å². The van der Waals surface area contributed by atoms with E-state index in [-0.39, 0.29) is 17.2 Å². The molecule has 0 heterocycles. The molecule has 1 aromatic rings. The molecule has 0 bridgehead atoms. The Labute approximate surface area is 126 Å². The average molecular weight is 313 g/mol. The van der Waals surface area contributed by atoms with Gasteiger partial charge < -0.3 is 5.11 Å². The van der Waals surface area contributed by atoms with E-state index in [9.17, 15) is 13.2 Å². The molecule has 0 aliphatic rings. The van der Waals surface area contributed by atoms with Gasteiger partial charge in [-0.1, -0.05) is 38.0 Å². The largest absolute Gasteiger partial charge is 0.481 e. The van der Waals surface area contributed by atoms with Crippen LogP contribution in [-0.4, -0.2) is 26.0 Å². The van der Waals surface area contributed by atoms with Crippen LogP contribution in [0.5, 0.6) is 0 Å². The monoisotopic (exact) mass is 313 g/mol. The predicted octanol–water partition coefficient (Wildman–Crippen LogP) is 2.64. The van der Waals surface area contributed by atoms with Gasteiger partial charge in [0.1, 0.15) is 0 Å². The van der Waals surface area contributed by atoms with Gasteiger partial charge in [-0.05, 0) is 30.9 Å². The van der Waals surface area contributed by atoms with Gasteiger partial charge >= 0.3 is 5.97 Å². The zero-order valence-electron chi connectivity index (χ0n) is 12.3. The fourth-order valence-corrected chi connectivity index (χ4v) is 3.32. The summed E-state index contributed by atoms with van der Waals surface area (Å²) in [5.74, 6) is -0.564. The molecule has 1 rings (SSSR count). The van der Waals surface area contributed by atoms with Crippen molar-refractivity contribution in [1.82, 2.24) is 4.72 Å². The van der Waals surface area contributed by atoms with E-state index in [2.05, 4.69) is 4.72 Å². The summed E-state index contributed by atoms with van der Waals surface area (Å²) in [5, 5.41) is 8.72. The number of sulfonamides is 1. The fraction of sp³-hybridized carbons (Fsp3) is 0.533. The summed E-state index contributed by atoms with van der Waals surface area (Å²) in [6.07, 6.45) is 3.27. The van der Waals surface area contributed by atoms with Gasteiger partial charge in [0.25, 0.3) is 0 Å². The van der Waals surface area contributed by atoms with E-state index < -0.39 is 16.0 Å². The van der Waals surface area contributed by atoms with Gasteiger partial charge in [0, 0.05) is 13.0 Å². The molecule has 2 N–H and O–H groups in total. The summed E-state index contributed by atoms with van der Waals surface area (Å²) in [5.41, 5.74) is 0. The maximum absolute atomic E-state index is 12.0. The van der Waals surface area contributed by atoms with E-state index in [0.717, 1.165) is 12.8 Å². The predicted molar refractivity (Wildman–Crippen MR) is 81.5 cm³/mol. The third-order valence-electron chi connectivity index (χ3n) is 3.36. The molecule has 0 saturated carbocycles. The Kier molecular flexibility index (Phi) is 7.39. The zero-order valence-corrected chi connectivity index (χ0v) is 13.1. The quantitative estimate of drug-likeness (QED) is 0.695. The van der Waals surface area contributed by atoms with Gasteiger partial charge in [0.05, 0.1) is 4.90 Å². The molecular weight excluding hydrogens is 290 g/mol. The molecule has 0 spiro atoms. The lowest BCUT2D eigenvalue weighted by molar-refractivity contribution is -0.137. The van der Waals surface area contributed by atoms with E-state index in [1.54, 1.807) is 30.3 Å². The fourth-order valence-electron chi connectivity index (χ4n) is 2.25. The van der Waals surface area contributed by atoms with Crippen molar-refractivity contribution >= 4 is 16.0 Å². The first-order chi connectivity index (χ1) is 9.95. The highest BCUT2D eigenvalue weighted by atomic mass is 32.2. The number of carboxylic acid groups (broad SMARTS) is 1. The van der Waals surface area contributed by atoms with Gasteiger partial charge in [-0.3, -0.25) is 4.79 Å². The van der Waals surface area contributed by atoms with Gasteiger partial charge in [-0.15, -0.1) is 0 Å². The number of nitrogens with one attached hydrogen (secondary N) is 1. The van der Waals surface area contributed by atoms with E-state index in [1.807, 2.05) is 6.92 Å². The summed E-state index contributed by atoms with van der Waals surface area (Å²) >= 11 is 0. The Morgan fingerprint density at radius 1 is 1.19 bits per heavy atom. The summed E-state index contributed by atoms with van der Waals surface area (Å²) in [4.78, 5) is 10.9. The highest BCUT2D eigenvalue weighted by Gasteiger charge is 2.15. The molecule has 118 valence electrons. The maximum atomic E-state index is 12.0. The normalized spacial score (nSPS) is 13.0. The molecule has 0 aliphatic heterocycles. The van der Waals surface area contributed by atoms with Crippen LogP contribution in [0.3, 0.4) is 0 Å². The Morgan fingerprint density at radius 3 is 2.43 bits per heavy atom. The van der Waals surface area contributed by atoms with Crippen LogP contribution in [0.15, 0.2) is 35.2 Å². The van der Waals surface area contributed by atoms with Crippen molar-refractivity contribution < 1.29 is 18.3 Å². The minimum Gasteiger partial charge on any atom is -0.481 e. The molecule has 0 aliphatic carbocycles. The molecule has 6 heteroatoms. The van der Waals surface area contributed by atoms with Crippen molar-refractivity contribution in [3.05, 3.63) is 30.3 Å². The Morgan fingerprint density at radius 2 is 1.86 bits per heavy atom. The molecule has 1 unspecified atom stereocenters. The number of carbonyl (C=O) groups is 1.